The highest BCUT2D eigenvalue weighted by Gasteiger charge is 2.28. The summed E-state index contributed by atoms with van der Waals surface area (Å²) in [5.74, 6) is 0.134. The SMILES string of the molecule is Cc1cc(C)c(C(=O)N2CCN(C(=O)c3cc(C)n(C)c3C)CC2)c(C)c1. The van der Waals surface area contributed by atoms with Gasteiger partial charge in [-0.1, -0.05) is 17.7 Å². The number of benzene rings is 1. The molecular weight excluding hydrogens is 338 g/mol. The Morgan fingerprint density at radius 1 is 0.778 bits per heavy atom. The molecule has 0 atom stereocenters. The van der Waals surface area contributed by atoms with E-state index < -0.39 is 0 Å². The Labute approximate surface area is 161 Å². The van der Waals surface area contributed by atoms with E-state index >= 15 is 0 Å². The monoisotopic (exact) mass is 367 g/mol. The number of rotatable bonds is 2. The molecule has 1 aromatic carbocycles. The van der Waals surface area contributed by atoms with Crippen molar-refractivity contribution in [3.05, 3.63) is 57.4 Å². The van der Waals surface area contributed by atoms with E-state index in [-0.39, 0.29) is 11.8 Å². The van der Waals surface area contributed by atoms with Crippen molar-refractivity contribution in [3.63, 3.8) is 0 Å². The molecule has 27 heavy (non-hydrogen) atoms. The van der Waals surface area contributed by atoms with E-state index in [1.54, 1.807) is 0 Å². The molecule has 2 aromatic rings. The van der Waals surface area contributed by atoms with E-state index in [0.29, 0.717) is 26.2 Å². The lowest BCUT2D eigenvalue weighted by Gasteiger charge is -2.35. The Balaban J connectivity index is 1.71. The predicted octanol–water partition coefficient (Wildman–Crippen LogP) is 3.17. The molecule has 0 radical (unpaired) electrons. The van der Waals surface area contributed by atoms with Crippen LogP contribution in [0.15, 0.2) is 18.2 Å². The lowest BCUT2D eigenvalue weighted by molar-refractivity contribution is 0.0534. The van der Waals surface area contributed by atoms with Gasteiger partial charge < -0.3 is 14.4 Å². The van der Waals surface area contributed by atoms with E-state index in [0.717, 1.165) is 33.6 Å². The molecule has 0 aliphatic carbocycles. The zero-order chi connectivity index (χ0) is 19.9. The van der Waals surface area contributed by atoms with Gasteiger partial charge in [-0.2, -0.15) is 0 Å². The molecule has 3 rings (SSSR count). The first kappa shape index (κ1) is 19.2. The van der Waals surface area contributed by atoms with Gasteiger partial charge in [-0.15, -0.1) is 0 Å². The van der Waals surface area contributed by atoms with Gasteiger partial charge in [0.15, 0.2) is 0 Å². The topological polar surface area (TPSA) is 45.6 Å². The Kier molecular flexibility index (Phi) is 5.13. The lowest BCUT2D eigenvalue weighted by atomic mass is 9.98. The molecule has 1 saturated heterocycles. The highest BCUT2D eigenvalue weighted by Crippen LogP contribution is 2.21. The highest BCUT2D eigenvalue weighted by atomic mass is 16.2. The largest absolute Gasteiger partial charge is 0.351 e. The normalized spacial score (nSPS) is 14.6. The summed E-state index contributed by atoms with van der Waals surface area (Å²) >= 11 is 0. The Morgan fingerprint density at radius 2 is 1.26 bits per heavy atom. The molecule has 0 saturated carbocycles. The van der Waals surface area contributed by atoms with E-state index in [9.17, 15) is 9.59 Å². The fourth-order valence-corrected chi connectivity index (χ4v) is 4.03. The average molecular weight is 367 g/mol. The average Bonchev–Trinajstić information content (AvgIpc) is 2.87. The Morgan fingerprint density at radius 3 is 1.70 bits per heavy atom. The number of nitrogens with zero attached hydrogens (tertiary/aromatic N) is 3. The van der Waals surface area contributed by atoms with E-state index in [4.69, 9.17) is 0 Å². The van der Waals surface area contributed by atoms with Crippen molar-refractivity contribution in [1.82, 2.24) is 14.4 Å². The Bertz CT molecular complexity index is 880. The van der Waals surface area contributed by atoms with Crippen LogP contribution in [0.2, 0.25) is 0 Å². The number of carbonyl (C=O) groups excluding carboxylic acids is 2. The van der Waals surface area contributed by atoms with E-state index in [2.05, 4.69) is 12.1 Å². The van der Waals surface area contributed by atoms with E-state index in [1.807, 2.05) is 62.1 Å². The summed E-state index contributed by atoms with van der Waals surface area (Å²) in [7, 11) is 1.98. The van der Waals surface area contributed by atoms with Gasteiger partial charge in [-0.3, -0.25) is 9.59 Å². The third kappa shape index (κ3) is 3.51. The van der Waals surface area contributed by atoms with Crippen molar-refractivity contribution < 1.29 is 9.59 Å². The van der Waals surface area contributed by atoms with Crippen LogP contribution >= 0.6 is 0 Å². The Hall–Kier alpha value is -2.56. The summed E-state index contributed by atoms with van der Waals surface area (Å²) in [4.78, 5) is 29.6. The maximum Gasteiger partial charge on any atom is 0.255 e. The van der Waals surface area contributed by atoms with Crippen LogP contribution in [0.4, 0.5) is 0 Å². The molecule has 1 aliphatic heterocycles. The summed E-state index contributed by atoms with van der Waals surface area (Å²) < 4.78 is 2.04. The third-order valence-corrected chi connectivity index (χ3v) is 5.75. The molecular formula is C22H29N3O2. The van der Waals surface area contributed by atoms with Crippen LogP contribution in [0, 0.1) is 34.6 Å². The smallest absolute Gasteiger partial charge is 0.255 e. The zero-order valence-corrected chi connectivity index (χ0v) is 17.2. The lowest BCUT2D eigenvalue weighted by Crippen LogP contribution is -2.50. The van der Waals surface area contributed by atoms with Crippen LogP contribution in [0.1, 0.15) is 48.8 Å². The zero-order valence-electron chi connectivity index (χ0n) is 17.2. The van der Waals surface area contributed by atoms with Gasteiger partial charge in [0.2, 0.25) is 0 Å². The van der Waals surface area contributed by atoms with Crippen molar-refractivity contribution in [3.8, 4) is 0 Å². The second-order valence-corrected chi connectivity index (χ2v) is 7.70. The molecule has 144 valence electrons. The van der Waals surface area contributed by atoms with Gasteiger partial charge in [-0.05, 0) is 51.8 Å². The molecule has 1 aliphatic rings. The molecule has 0 unspecified atom stereocenters. The summed E-state index contributed by atoms with van der Waals surface area (Å²) in [6, 6.07) is 6.06. The van der Waals surface area contributed by atoms with Gasteiger partial charge in [0.05, 0.1) is 5.56 Å². The second-order valence-electron chi connectivity index (χ2n) is 7.70. The quantitative estimate of drug-likeness (QED) is 0.818. The van der Waals surface area contributed by atoms with Gasteiger partial charge in [0.25, 0.3) is 11.8 Å². The summed E-state index contributed by atoms with van der Waals surface area (Å²) in [6.07, 6.45) is 0. The van der Waals surface area contributed by atoms with Crippen LogP contribution in [0.5, 0.6) is 0 Å². The van der Waals surface area contributed by atoms with Crippen molar-refractivity contribution in [2.75, 3.05) is 26.2 Å². The van der Waals surface area contributed by atoms with Crippen LogP contribution in [0.25, 0.3) is 0 Å². The first-order chi connectivity index (χ1) is 12.7. The fraction of sp³-hybridized carbons (Fsp3) is 0.455. The molecule has 1 aromatic heterocycles. The van der Waals surface area contributed by atoms with Crippen molar-refractivity contribution in [2.45, 2.75) is 34.6 Å². The minimum Gasteiger partial charge on any atom is -0.351 e. The van der Waals surface area contributed by atoms with Gasteiger partial charge in [0, 0.05) is 50.2 Å². The van der Waals surface area contributed by atoms with Crippen LogP contribution < -0.4 is 0 Å². The second kappa shape index (κ2) is 7.22. The first-order valence-corrected chi connectivity index (χ1v) is 9.50. The summed E-state index contributed by atoms with van der Waals surface area (Å²) in [5.41, 5.74) is 6.84. The van der Waals surface area contributed by atoms with Crippen molar-refractivity contribution in [1.29, 1.82) is 0 Å². The first-order valence-electron chi connectivity index (χ1n) is 9.50. The number of aryl methyl sites for hydroxylation is 4. The third-order valence-electron chi connectivity index (χ3n) is 5.75. The number of carbonyl (C=O) groups is 2. The maximum absolute atomic E-state index is 13.0. The number of amides is 2. The maximum atomic E-state index is 13.0. The predicted molar refractivity (Wildman–Crippen MR) is 107 cm³/mol. The van der Waals surface area contributed by atoms with Crippen molar-refractivity contribution in [2.24, 2.45) is 7.05 Å². The molecule has 1 fully saturated rings. The van der Waals surface area contributed by atoms with Gasteiger partial charge >= 0.3 is 0 Å². The molecule has 0 N–H and O–H groups in total. The van der Waals surface area contributed by atoms with Gasteiger partial charge in [-0.25, -0.2) is 0 Å². The number of aromatic nitrogens is 1. The highest BCUT2D eigenvalue weighted by molar-refractivity contribution is 5.98. The molecule has 0 bridgehead atoms. The minimum atomic E-state index is 0.0611. The molecule has 0 spiro atoms. The molecule has 5 heteroatoms. The number of hydrogen-bond donors (Lipinski definition) is 0. The van der Waals surface area contributed by atoms with E-state index in [1.165, 1.54) is 5.56 Å². The summed E-state index contributed by atoms with van der Waals surface area (Å²) in [6.45, 7) is 12.3. The van der Waals surface area contributed by atoms with Crippen LogP contribution in [0.3, 0.4) is 0 Å². The van der Waals surface area contributed by atoms with Gasteiger partial charge in [0.1, 0.15) is 0 Å². The van der Waals surface area contributed by atoms with Crippen LogP contribution in [-0.2, 0) is 7.05 Å². The summed E-state index contributed by atoms with van der Waals surface area (Å²) in [5, 5.41) is 0. The molecule has 2 heterocycles. The molecule has 2 amide bonds. The standard InChI is InChI=1S/C22H29N3O2/c1-14-11-15(2)20(16(3)12-14)22(27)25-9-7-24(8-10-25)21(26)19-13-17(4)23(6)18(19)5/h11-13H,7-10H2,1-6H3. The number of hydrogen-bond acceptors (Lipinski definition) is 2. The number of piperazine rings is 1. The fourth-order valence-electron chi connectivity index (χ4n) is 4.03. The minimum absolute atomic E-state index is 0.0611. The van der Waals surface area contributed by atoms with Crippen LogP contribution in [-0.4, -0.2) is 52.4 Å². The van der Waals surface area contributed by atoms with Crippen molar-refractivity contribution >= 4 is 11.8 Å². The molecule has 5 nitrogen and oxygen atoms in total.